The molecule has 3 aromatic carbocycles. The van der Waals surface area contributed by atoms with Gasteiger partial charge in [0.2, 0.25) is 0 Å². The molecule has 144 valence electrons. The first-order valence-electron chi connectivity index (χ1n) is 9.36. The van der Waals surface area contributed by atoms with Crippen molar-refractivity contribution in [2.45, 2.75) is 32.3 Å². The van der Waals surface area contributed by atoms with Crippen LogP contribution in [-0.2, 0) is 5.54 Å². The molecule has 0 bridgehead atoms. The fourth-order valence-corrected chi connectivity index (χ4v) is 4.14. The predicted octanol–water partition coefficient (Wildman–Crippen LogP) is 5.18. The zero-order valence-electron chi connectivity index (χ0n) is 16.3. The standard InChI is InChI=1S/C23H24BCl2NO/c1-15-9-11-19(25)13-21(15)23(27-17(3)24-28,18-7-5-4-6-8-18)22-14-20(26)12-10-16(22)2/h4-14,17,24,27-28H,1-3H3. The van der Waals surface area contributed by atoms with Gasteiger partial charge in [0.1, 0.15) is 0 Å². The lowest BCUT2D eigenvalue weighted by molar-refractivity contribution is 0.438. The van der Waals surface area contributed by atoms with Gasteiger partial charge in [-0.1, -0.05) is 72.6 Å². The molecule has 0 aliphatic carbocycles. The minimum atomic E-state index is -0.715. The molecule has 2 N–H and O–H groups in total. The van der Waals surface area contributed by atoms with Crippen LogP contribution in [0.2, 0.25) is 10.0 Å². The molecule has 0 aromatic heterocycles. The van der Waals surface area contributed by atoms with Crippen LogP contribution in [0.5, 0.6) is 0 Å². The molecular weight excluding hydrogens is 388 g/mol. The Morgan fingerprint density at radius 3 is 1.82 bits per heavy atom. The topological polar surface area (TPSA) is 32.3 Å². The van der Waals surface area contributed by atoms with E-state index in [9.17, 15) is 5.02 Å². The van der Waals surface area contributed by atoms with Gasteiger partial charge in [-0.15, -0.1) is 0 Å². The van der Waals surface area contributed by atoms with Crippen LogP contribution >= 0.6 is 23.2 Å². The summed E-state index contributed by atoms with van der Waals surface area (Å²) in [6.45, 7) is 6.13. The minimum Gasteiger partial charge on any atom is -0.452 e. The van der Waals surface area contributed by atoms with E-state index in [-0.39, 0.29) is 13.4 Å². The van der Waals surface area contributed by atoms with Gasteiger partial charge in [-0.05, 0) is 65.9 Å². The van der Waals surface area contributed by atoms with Crippen molar-refractivity contribution in [1.82, 2.24) is 5.32 Å². The highest BCUT2D eigenvalue weighted by Crippen LogP contribution is 2.42. The van der Waals surface area contributed by atoms with E-state index in [1.54, 1.807) is 0 Å². The Morgan fingerprint density at radius 2 is 1.36 bits per heavy atom. The molecular formula is C23H24BCl2NO. The Bertz CT molecular complexity index is 911. The van der Waals surface area contributed by atoms with Crippen molar-refractivity contribution in [3.05, 3.63) is 105 Å². The maximum atomic E-state index is 9.87. The number of rotatable bonds is 6. The molecule has 0 saturated carbocycles. The number of halogens is 2. The summed E-state index contributed by atoms with van der Waals surface area (Å²) in [6, 6.07) is 22.1. The fourth-order valence-electron chi connectivity index (χ4n) is 3.79. The smallest absolute Gasteiger partial charge is 0.287 e. The summed E-state index contributed by atoms with van der Waals surface area (Å²) in [5.41, 5.74) is 4.63. The van der Waals surface area contributed by atoms with Crippen LogP contribution in [0.25, 0.3) is 0 Å². The van der Waals surface area contributed by atoms with E-state index in [0.717, 1.165) is 27.8 Å². The highest BCUT2D eigenvalue weighted by molar-refractivity contribution is 6.31. The van der Waals surface area contributed by atoms with Gasteiger partial charge in [0.05, 0.1) is 5.54 Å². The molecule has 0 amide bonds. The molecule has 3 rings (SSSR count). The third-order valence-electron chi connectivity index (χ3n) is 5.15. The molecule has 2 nitrogen and oxygen atoms in total. The van der Waals surface area contributed by atoms with E-state index in [2.05, 4.69) is 31.3 Å². The van der Waals surface area contributed by atoms with Crippen molar-refractivity contribution in [2.75, 3.05) is 0 Å². The highest BCUT2D eigenvalue weighted by atomic mass is 35.5. The van der Waals surface area contributed by atoms with Gasteiger partial charge in [-0.3, -0.25) is 0 Å². The van der Waals surface area contributed by atoms with Gasteiger partial charge in [0.15, 0.2) is 0 Å². The van der Waals surface area contributed by atoms with E-state index in [0.29, 0.717) is 10.0 Å². The minimum absolute atomic E-state index is 0.00775. The molecule has 0 saturated heterocycles. The number of nitrogens with one attached hydrogen (secondary N) is 1. The first-order valence-corrected chi connectivity index (χ1v) is 10.1. The van der Waals surface area contributed by atoms with Crippen LogP contribution in [0.1, 0.15) is 34.7 Å². The Labute approximate surface area is 177 Å². The molecule has 0 heterocycles. The van der Waals surface area contributed by atoms with E-state index in [4.69, 9.17) is 23.2 Å². The lowest BCUT2D eigenvalue weighted by Gasteiger charge is -2.41. The Hall–Kier alpha value is -1.78. The van der Waals surface area contributed by atoms with E-state index in [1.165, 1.54) is 0 Å². The van der Waals surface area contributed by atoms with E-state index in [1.807, 2.05) is 61.5 Å². The van der Waals surface area contributed by atoms with Crippen molar-refractivity contribution >= 4 is 30.7 Å². The zero-order valence-corrected chi connectivity index (χ0v) is 17.9. The maximum Gasteiger partial charge on any atom is 0.287 e. The SMILES string of the molecule is Cc1ccc(Cl)cc1C(NC(C)BO)(c1ccccc1)c1cc(Cl)ccc1C. The normalized spacial score (nSPS) is 12.6. The van der Waals surface area contributed by atoms with Gasteiger partial charge in [0, 0.05) is 16.0 Å². The number of hydrogen-bond acceptors (Lipinski definition) is 2. The van der Waals surface area contributed by atoms with Crippen molar-refractivity contribution in [3.63, 3.8) is 0 Å². The molecule has 0 aliphatic heterocycles. The summed E-state index contributed by atoms with van der Waals surface area (Å²) in [5.74, 6) is -0.156. The summed E-state index contributed by atoms with van der Waals surface area (Å²) < 4.78 is 0. The second-order valence-electron chi connectivity index (χ2n) is 7.26. The van der Waals surface area contributed by atoms with Gasteiger partial charge in [-0.2, -0.15) is 0 Å². The Balaban J connectivity index is 2.45. The fraction of sp³-hybridized carbons (Fsp3) is 0.217. The number of benzene rings is 3. The third kappa shape index (κ3) is 3.99. The molecule has 3 aromatic rings. The molecule has 28 heavy (non-hydrogen) atoms. The highest BCUT2D eigenvalue weighted by Gasteiger charge is 2.39. The van der Waals surface area contributed by atoms with Crippen LogP contribution in [0.15, 0.2) is 66.7 Å². The number of aryl methyl sites for hydroxylation is 2. The van der Waals surface area contributed by atoms with E-state index >= 15 is 0 Å². The van der Waals surface area contributed by atoms with Crippen LogP contribution in [0.4, 0.5) is 0 Å². The van der Waals surface area contributed by atoms with Gasteiger partial charge >= 0.3 is 0 Å². The summed E-state index contributed by atoms with van der Waals surface area (Å²) in [4.78, 5) is 0. The first kappa shape index (κ1) is 20.9. The lowest BCUT2D eigenvalue weighted by Crippen LogP contribution is -2.51. The van der Waals surface area contributed by atoms with Crippen molar-refractivity contribution in [3.8, 4) is 0 Å². The van der Waals surface area contributed by atoms with Crippen LogP contribution in [-0.4, -0.2) is 18.4 Å². The Morgan fingerprint density at radius 1 is 0.857 bits per heavy atom. The first-order chi connectivity index (χ1) is 13.4. The van der Waals surface area contributed by atoms with Crippen LogP contribution in [0.3, 0.4) is 0 Å². The third-order valence-corrected chi connectivity index (χ3v) is 5.62. The van der Waals surface area contributed by atoms with Gasteiger partial charge < -0.3 is 10.3 Å². The second-order valence-corrected chi connectivity index (χ2v) is 8.14. The summed E-state index contributed by atoms with van der Waals surface area (Å²) in [5, 5.41) is 14.9. The molecule has 0 aliphatic rings. The van der Waals surface area contributed by atoms with Crippen LogP contribution < -0.4 is 5.32 Å². The second kappa shape index (κ2) is 8.71. The average Bonchev–Trinajstić information content (AvgIpc) is 2.70. The monoisotopic (exact) mass is 411 g/mol. The average molecular weight is 412 g/mol. The lowest BCUT2D eigenvalue weighted by atomic mass is 9.72. The predicted molar refractivity (Wildman–Crippen MR) is 121 cm³/mol. The summed E-state index contributed by atoms with van der Waals surface area (Å²) >= 11 is 12.9. The summed E-state index contributed by atoms with van der Waals surface area (Å²) in [7, 11) is 0.00775. The molecule has 0 radical (unpaired) electrons. The van der Waals surface area contributed by atoms with Crippen molar-refractivity contribution in [2.24, 2.45) is 0 Å². The quantitative estimate of drug-likeness (QED) is 0.432. The van der Waals surface area contributed by atoms with E-state index < -0.39 is 5.54 Å². The molecule has 0 fully saturated rings. The largest absolute Gasteiger partial charge is 0.452 e. The molecule has 0 spiro atoms. The molecule has 1 unspecified atom stereocenters. The van der Waals surface area contributed by atoms with Crippen LogP contribution in [0, 0.1) is 13.8 Å². The van der Waals surface area contributed by atoms with Gasteiger partial charge in [-0.25, -0.2) is 0 Å². The van der Waals surface area contributed by atoms with Gasteiger partial charge in [0.25, 0.3) is 7.48 Å². The molecule has 1 atom stereocenters. The van der Waals surface area contributed by atoms with Crippen molar-refractivity contribution < 1.29 is 5.02 Å². The maximum absolute atomic E-state index is 9.87. The number of hydrogen-bond donors (Lipinski definition) is 2. The Kier molecular flexibility index (Phi) is 6.52. The summed E-state index contributed by atoms with van der Waals surface area (Å²) in [6.07, 6.45) is 0. The zero-order chi connectivity index (χ0) is 20.3. The molecule has 5 heteroatoms. The van der Waals surface area contributed by atoms with Crippen molar-refractivity contribution in [1.29, 1.82) is 0 Å².